The van der Waals surface area contributed by atoms with Gasteiger partial charge in [0.05, 0.1) is 31.0 Å². The van der Waals surface area contributed by atoms with Crippen LogP contribution in [0.2, 0.25) is 0 Å². The van der Waals surface area contributed by atoms with E-state index >= 15 is 0 Å². The minimum Gasteiger partial charge on any atom is -0.450 e. The topological polar surface area (TPSA) is 84.7 Å². The van der Waals surface area contributed by atoms with E-state index in [1.54, 1.807) is 13.1 Å². The number of carbonyl (C=O) groups excluding carboxylic acids is 2. The van der Waals surface area contributed by atoms with E-state index in [1.165, 1.54) is 10.8 Å². The van der Waals surface area contributed by atoms with Crippen molar-refractivity contribution in [3.63, 3.8) is 0 Å². The summed E-state index contributed by atoms with van der Waals surface area (Å²) < 4.78 is 7.19. The van der Waals surface area contributed by atoms with Crippen molar-refractivity contribution in [1.82, 2.24) is 15.3 Å². The number of alkyl carbamates (subject to hydrolysis) is 1. The summed E-state index contributed by atoms with van der Waals surface area (Å²) in [6.45, 7) is 6.07. The Morgan fingerprint density at radius 1 is 1.00 bits per heavy atom. The van der Waals surface area contributed by atoms with Crippen molar-refractivity contribution in [2.75, 3.05) is 6.61 Å². The fourth-order valence-electron chi connectivity index (χ4n) is 4.35. The first kappa shape index (κ1) is 24.7. The standard InChI is InChI=1S/C29H30N4O3/c1-4-36-29(35)31-26(23-12-6-5-7-13-23)18-28(34)32-30-19-24-17-20(2)33(21(24)3)27-16-10-14-22-11-8-9-15-25(22)27/h5-17,19,26H,4,18H2,1-3H3,(H,31,35)(H,32,34)/b30-19-/t26-/m1/s1. The minimum absolute atomic E-state index is 0.0230. The molecule has 0 aliphatic rings. The summed E-state index contributed by atoms with van der Waals surface area (Å²) in [5.41, 5.74) is 7.50. The number of ether oxygens (including phenoxy) is 1. The van der Waals surface area contributed by atoms with Gasteiger partial charge in [0.25, 0.3) is 0 Å². The summed E-state index contributed by atoms with van der Waals surface area (Å²) >= 11 is 0. The summed E-state index contributed by atoms with van der Waals surface area (Å²) in [4.78, 5) is 24.6. The van der Waals surface area contributed by atoms with Gasteiger partial charge in [0, 0.05) is 22.3 Å². The molecule has 1 aromatic heterocycles. The number of nitrogens with one attached hydrogen (secondary N) is 2. The zero-order chi connectivity index (χ0) is 25.5. The Balaban J connectivity index is 1.48. The summed E-state index contributed by atoms with van der Waals surface area (Å²) in [5, 5.41) is 9.28. The van der Waals surface area contributed by atoms with E-state index in [4.69, 9.17) is 4.74 Å². The Labute approximate surface area is 210 Å². The lowest BCUT2D eigenvalue weighted by molar-refractivity contribution is -0.121. The molecule has 0 bridgehead atoms. The SMILES string of the molecule is CCOC(=O)N[C@H](CC(=O)N/N=C\c1cc(C)n(-c2cccc3ccccc23)c1C)c1ccccc1. The van der Waals surface area contributed by atoms with Crippen LogP contribution in [0.1, 0.15) is 41.9 Å². The van der Waals surface area contributed by atoms with Crippen LogP contribution < -0.4 is 10.7 Å². The first-order chi connectivity index (χ1) is 17.5. The van der Waals surface area contributed by atoms with Crippen LogP contribution in [0, 0.1) is 13.8 Å². The highest BCUT2D eigenvalue weighted by atomic mass is 16.5. The van der Waals surface area contributed by atoms with Crippen LogP contribution in [0.3, 0.4) is 0 Å². The van der Waals surface area contributed by atoms with E-state index < -0.39 is 12.1 Å². The molecule has 3 aromatic carbocycles. The van der Waals surface area contributed by atoms with Crippen LogP contribution in [0.25, 0.3) is 16.5 Å². The molecule has 0 radical (unpaired) electrons. The predicted octanol–water partition coefficient (Wildman–Crippen LogP) is 5.57. The molecule has 0 unspecified atom stereocenters. The van der Waals surface area contributed by atoms with Gasteiger partial charge in [-0.2, -0.15) is 5.10 Å². The third-order valence-electron chi connectivity index (χ3n) is 6.03. The molecule has 0 saturated heterocycles. The highest BCUT2D eigenvalue weighted by Gasteiger charge is 2.19. The second-order valence-electron chi connectivity index (χ2n) is 8.49. The van der Waals surface area contributed by atoms with Gasteiger partial charge in [0.2, 0.25) is 5.91 Å². The molecule has 7 nitrogen and oxygen atoms in total. The third-order valence-corrected chi connectivity index (χ3v) is 6.03. The molecule has 184 valence electrons. The van der Waals surface area contributed by atoms with Crippen LogP contribution >= 0.6 is 0 Å². The van der Waals surface area contributed by atoms with Crippen LogP contribution in [-0.2, 0) is 9.53 Å². The van der Waals surface area contributed by atoms with Crippen molar-refractivity contribution in [3.8, 4) is 5.69 Å². The Kier molecular flexibility index (Phi) is 7.80. The Morgan fingerprint density at radius 2 is 1.72 bits per heavy atom. The smallest absolute Gasteiger partial charge is 0.407 e. The fourth-order valence-corrected chi connectivity index (χ4v) is 4.35. The quantitative estimate of drug-likeness (QED) is 0.254. The second-order valence-corrected chi connectivity index (χ2v) is 8.49. The zero-order valence-corrected chi connectivity index (χ0v) is 20.7. The summed E-state index contributed by atoms with van der Waals surface area (Å²) in [7, 11) is 0. The lowest BCUT2D eigenvalue weighted by Crippen LogP contribution is -2.33. The Bertz CT molecular complexity index is 1390. The van der Waals surface area contributed by atoms with Gasteiger partial charge in [-0.05, 0) is 43.9 Å². The number of rotatable bonds is 8. The molecular formula is C29H30N4O3. The van der Waals surface area contributed by atoms with Gasteiger partial charge < -0.3 is 14.6 Å². The number of fused-ring (bicyclic) bond motifs is 1. The highest BCUT2D eigenvalue weighted by molar-refractivity contribution is 5.91. The number of hydrazone groups is 1. The molecule has 7 heteroatoms. The highest BCUT2D eigenvalue weighted by Crippen LogP contribution is 2.27. The molecule has 4 rings (SSSR count). The molecule has 0 saturated carbocycles. The maximum atomic E-state index is 12.7. The maximum absolute atomic E-state index is 12.7. The van der Waals surface area contributed by atoms with Crippen LogP contribution in [0.15, 0.2) is 84.0 Å². The molecule has 1 atom stereocenters. The molecule has 0 aliphatic heterocycles. The maximum Gasteiger partial charge on any atom is 0.407 e. The molecule has 0 fully saturated rings. The molecule has 0 spiro atoms. The van der Waals surface area contributed by atoms with E-state index in [0.29, 0.717) is 0 Å². The van der Waals surface area contributed by atoms with E-state index in [-0.39, 0.29) is 18.9 Å². The van der Waals surface area contributed by atoms with Crippen molar-refractivity contribution < 1.29 is 14.3 Å². The number of hydrogen-bond donors (Lipinski definition) is 2. The molecule has 36 heavy (non-hydrogen) atoms. The van der Waals surface area contributed by atoms with E-state index in [9.17, 15) is 9.59 Å². The molecule has 0 aliphatic carbocycles. The van der Waals surface area contributed by atoms with Gasteiger partial charge in [-0.15, -0.1) is 0 Å². The van der Waals surface area contributed by atoms with Gasteiger partial charge in [-0.25, -0.2) is 10.2 Å². The molecule has 2 N–H and O–H groups in total. The summed E-state index contributed by atoms with van der Waals surface area (Å²) in [5.74, 6) is -0.320. The molecule has 1 heterocycles. The average molecular weight is 483 g/mol. The molecular weight excluding hydrogens is 452 g/mol. The average Bonchev–Trinajstić information content (AvgIpc) is 3.16. The normalized spacial score (nSPS) is 12.0. The monoisotopic (exact) mass is 482 g/mol. The van der Waals surface area contributed by atoms with Crippen molar-refractivity contribution in [1.29, 1.82) is 0 Å². The van der Waals surface area contributed by atoms with Gasteiger partial charge in [0.15, 0.2) is 0 Å². The van der Waals surface area contributed by atoms with Crippen molar-refractivity contribution in [3.05, 3.63) is 101 Å². The van der Waals surface area contributed by atoms with Gasteiger partial charge in [0.1, 0.15) is 0 Å². The van der Waals surface area contributed by atoms with E-state index in [1.807, 2.05) is 55.5 Å². The number of benzene rings is 3. The molecule has 4 aromatic rings. The first-order valence-electron chi connectivity index (χ1n) is 11.9. The first-order valence-corrected chi connectivity index (χ1v) is 11.9. The Morgan fingerprint density at radius 3 is 2.50 bits per heavy atom. The van der Waals surface area contributed by atoms with E-state index in [2.05, 4.69) is 57.7 Å². The molecule has 2 amide bonds. The van der Waals surface area contributed by atoms with Crippen LogP contribution in [0.5, 0.6) is 0 Å². The lowest BCUT2D eigenvalue weighted by atomic mass is 10.0. The van der Waals surface area contributed by atoms with Crippen molar-refractivity contribution in [2.45, 2.75) is 33.2 Å². The van der Waals surface area contributed by atoms with Gasteiger partial charge in [-0.3, -0.25) is 4.79 Å². The Hall–Kier alpha value is -4.39. The largest absolute Gasteiger partial charge is 0.450 e. The van der Waals surface area contributed by atoms with Crippen LogP contribution in [-0.4, -0.2) is 29.4 Å². The number of nitrogens with zero attached hydrogens (tertiary/aromatic N) is 2. The van der Waals surface area contributed by atoms with Gasteiger partial charge >= 0.3 is 6.09 Å². The summed E-state index contributed by atoms with van der Waals surface area (Å²) in [6, 6.07) is 25.4. The fraction of sp³-hybridized carbons (Fsp3) is 0.207. The van der Waals surface area contributed by atoms with Gasteiger partial charge in [-0.1, -0.05) is 66.7 Å². The van der Waals surface area contributed by atoms with Crippen molar-refractivity contribution >= 4 is 29.0 Å². The van der Waals surface area contributed by atoms with Crippen molar-refractivity contribution in [2.24, 2.45) is 5.10 Å². The third kappa shape index (κ3) is 5.63. The second kappa shape index (κ2) is 11.4. The zero-order valence-electron chi connectivity index (χ0n) is 20.7. The predicted molar refractivity (Wildman–Crippen MR) is 142 cm³/mol. The number of aryl methyl sites for hydroxylation is 1. The number of hydrogen-bond acceptors (Lipinski definition) is 4. The minimum atomic E-state index is -0.566. The summed E-state index contributed by atoms with van der Waals surface area (Å²) in [6.07, 6.45) is 1.11. The van der Waals surface area contributed by atoms with Crippen LogP contribution in [0.4, 0.5) is 4.79 Å². The number of aromatic nitrogens is 1. The number of amides is 2. The lowest BCUT2D eigenvalue weighted by Gasteiger charge is -2.18. The number of carbonyl (C=O) groups is 2. The van der Waals surface area contributed by atoms with E-state index in [0.717, 1.165) is 28.2 Å².